The molecular formula is C20H19F2N5O. The van der Waals surface area contributed by atoms with Crippen LogP contribution >= 0.6 is 0 Å². The number of aliphatic imine (C=N–C) groups is 1. The van der Waals surface area contributed by atoms with Crippen LogP contribution in [0.3, 0.4) is 0 Å². The first kappa shape index (κ1) is 18.1. The van der Waals surface area contributed by atoms with Gasteiger partial charge in [0.1, 0.15) is 0 Å². The summed E-state index contributed by atoms with van der Waals surface area (Å²) < 4.78 is 33.7. The van der Waals surface area contributed by atoms with Crippen LogP contribution in [0.25, 0.3) is 0 Å². The van der Waals surface area contributed by atoms with Gasteiger partial charge in [0.2, 0.25) is 11.8 Å². The number of halogens is 2. The predicted octanol–water partition coefficient (Wildman–Crippen LogP) is 4.01. The smallest absolute Gasteiger partial charge is 0.278 e. The maximum atomic E-state index is 14.1. The summed E-state index contributed by atoms with van der Waals surface area (Å²) in [5.74, 6) is -2.33. The van der Waals surface area contributed by atoms with E-state index in [-0.39, 0.29) is 35.8 Å². The van der Waals surface area contributed by atoms with E-state index in [0.717, 1.165) is 0 Å². The molecule has 3 heterocycles. The van der Waals surface area contributed by atoms with Crippen LogP contribution in [0.2, 0.25) is 0 Å². The van der Waals surface area contributed by atoms with Crippen LogP contribution in [0.5, 0.6) is 11.8 Å². The molecule has 0 spiro atoms. The second-order valence-electron chi connectivity index (χ2n) is 6.43. The number of rotatable bonds is 5. The zero-order chi connectivity index (χ0) is 19.6. The third-order valence-electron chi connectivity index (χ3n) is 4.50. The molecule has 2 atom stereocenters. The molecule has 0 fully saturated rings. The van der Waals surface area contributed by atoms with Crippen molar-refractivity contribution < 1.29 is 13.5 Å². The van der Waals surface area contributed by atoms with Gasteiger partial charge in [0.15, 0.2) is 5.96 Å². The van der Waals surface area contributed by atoms with E-state index in [1.807, 2.05) is 18.2 Å². The first-order chi connectivity index (χ1) is 13.5. The van der Waals surface area contributed by atoms with E-state index >= 15 is 0 Å². The van der Waals surface area contributed by atoms with Gasteiger partial charge >= 0.3 is 0 Å². The summed E-state index contributed by atoms with van der Waals surface area (Å²) in [6, 6.07) is 6.32. The number of fused-ring (bicyclic) bond motifs is 1. The first-order valence-electron chi connectivity index (χ1n) is 8.99. The Balaban J connectivity index is 1.45. The molecule has 0 radical (unpaired) electrons. The molecule has 4 rings (SSSR count). The number of hydrogen-bond acceptors (Lipinski definition) is 6. The summed E-state index contributed by atoms with van der Waals surface area (Å²) in [4.78, 5) is 12.7. The van der Waals surface area contributed by atoms with E-state index in [1.165, 1.54) is 25.3 Å². The van der Waals surface area contributed by atoms with Gasteiger partial charge in [-0.1, -0.05) is 31.2 Å². The van der Waals surface area contributed by atoms with Crippen molar-refractivity contribution in [2.24, 2.45) is 4.99 Å². The number of hydrogen-bond donors (Lipinski definition) is 2. The molecule has 0 amide bonds. The van der Waals surface area contributed by atoms with Gasteiger partial charge in [-0.15, -0.1) is 0 Å². The first-order valence-corrected chi connectivity index (χ1v) is 8.99. The Morgan fingerprint density at radius 1 is 1.18 bits per heavy atom. The van der Waals surface area contributed by atoms with Crippen LogP contribution in [-0.2, 0) is 5.92 Å². The van der Waals surface area contributed by atoms with E-state index in [2.05, 4.69) is 31.7 Å². The molecule has 144 valence electrons. The Bertz CT molecular complexity index is 940. The monoisotopic (exact) mass is 383 g/mol. The van der Waals surface area contributed by atoms with E-state index in [1.54, 1.807) is 18.3 Å². The van der Waals surface area contributed by atoms with Crippen LogP contribution < -0.4 is 15.4 Å². The normalized spacial score (nSPS) is 20.3. The van der Waals surface area contributed by atoms with Crippen molar-refractivity contribution >= 4 is 11.6 Å². The van der Waals surface area contributed by atoms with Crippen molar-refractivity contribution in [1.29, 1.82) is 0 Å². The number of nitrogens with zero attached hydrogens (tertiary/aromatic N) is 3. The molecular weight excluding hydrogens is 364 g/mol. The van der Waals surface area contributed by atoms with Gasteiger partial charge in [-0.05, 0) is 18.2 Å². The van der Waals surface area contributed by atoms with Crippen molar-refractivity contribution in [2.75, 3.05) is 5.32 Å². The van der Waals surface area contributed by atoms with E-state index in [4.69, 9.17) is 4.74 Å². The highest BCUT2D eigenvalue weighted by Gasteiger charge is 2.33. The lowest BCUT2D eigenvalue weighted by Crippen LogP contribution is -2.35. The molecule has 28 heavy (non-hydrogen) atoms. The maximum absolute atomic E-state index is 14.1. The zero-order valence-corrected chi connectivity index (χ0v) is 15.1. The molecule has 6 nitrogen and oxygen atoms in total. The fraction of sp³-hybridized carbons (Fsp3) is 0.250. The van der Waals surface area contributed by atoms with Gasteiger partial charge in [-0.3, -0.25) is 0 Å². The number of anilines is 1. The predicted molar refractivity (Wildman–Crippen MR) is 103 cm³/mol. The Morgan fingerprint density at radius 2 is 2.04 bits per heavy atom. The third-order valence-corrected chi connectivity index (χ3v) is 4.50. The van der Waals surface area contributed by atoms with Crippen molar-refractivity contribution in [3.63, 3.8) is 0 Å². The molecule has 1 aliphatic carbocycles. The van der Waals surface area contributed by atoms with E-state index < -0.39 is 5.92 Å². The van der Waals surface area contributed by atoms with E-state index in [0.29, 0.717) is 11.6 Å². The Kier molecular flexibility index (Phi) is 4.77. The van der Waals surface area contributed by atoms with Crippen LogP contribution in [0.4, 0.5) is 14.5 Å². The molecule has 2 N–H and O–H groups in total. The summed E-state index contributed by atoms with van der Waals surface area (Å²) in [5.41, 5.74) is 0.445. The van der Waals surface area contributed by atoms with Crippen molar-refractivity contribution in [1.82, 2.24) is 15.3 Å². The number of alkyl halides is 2. The van der Waals surface area contributed by atoms with Gasteiger partial charge in [0.25, 0.3) is 5.92 Å². The number of allylic oxidation sites excluding steroid dienone is 2. The number of ether oxygens (including phenoxy) is 1. The average Bonchev–Trinajstić information content (AvgIpc) is 3.12. The van der Waals surface area contributed by atoms with Crippen LogP contribution in [0, 0.1) is 0 Å². The fourth-order valence-corrected chi connectivity index (χ4v) is 2.96. The minimum Gasteiger partial charge on any atom is -0.420 e. The van der Waals surface area contributed by atoms with Crippen molar-refractivity contribution in [3.05, 3.63) is 66.5 Å². The molecule has 2 aliphatic rings. The fourth-order valence-electron chi connectivity index (χ4n) is 2.96. The maximum Gasteiger partial charge on any atom is 0.278 e. The highest BCUT2D eigenvalue weighted by molar-refractivity contribution is 5.95. The lowest BCUT2D eigenvalue weighted by Gasteiger charge is -2.17. The molecule has 2 unspecified atom stereocenters. The third kappa shape index (κ3) is 3.71. The average molecular weight is 383 g/mol. The molecule has 0 saturated carbocycles. The zero-order valence-electron chi connectivity index (χ0n) is 15.1. The Morgan fingerprint density at radius 3 is 2.79 bits per heavy atom. The molecule has 0 aromatic carbocycles. The van der Waals surface area contributed by atoms with Gasteiger partial charge in [-0.2, -0.15) is 0 Å². The van der Waals surface area contributed by atoms with Crippen LogP contribution in [-0.4, -0.2) is 28.0 Å². The lowest BCUT2D eigenvalue weighted by atomic mass is 10.1. The topological polar surface area (TPSA) is 71.4 Å². The van der Waals surface area contributed by atoms with Crippen molar-refractivity contribution in [2.45, 2.75) is 31.4 Å². The SMILES string of the molecule is CCC(F)(F)c1cccnc1Oc1ccc(NC2=NC3C=CC=CC3N2)cn1. The molecule has 2 aromatic heterocycles. The van der Waals surface area contributed by atoms with Gasteiger partial charge in [0.05, 0.1) is 29.5 Å². The van der Waals surface area contributed by atoms with Crippen molar-refractivity contribution in [3.8, 4) is 11.8 Å². The van der Waals surface area contributed by atoms with Gasteiger partial charge < -0.3 is 15.4 Å². The summed E-state index contributed by atoms with van der Waals surface area (Å²) >= 11 is 0. The standard InChI is InChI=1S/C20H19F2N5O/c1-2-20(21,22)14-6-5-11-23-18(14)28-17-10-9-13(12-24-17)25-19-26-15-7-3-4-8-16(15)27-19/h3-12,15-16H,2H2,1H3,(H2,25,26,27). The molecule has 2 aromatic rings. The summed E-state index contributed by atoms with van der Waals surface area (Å²) in [6.07, 6.45) is 10.6. The molecule has 8 heteroatoms. The number of pyridine rings is 2. The molecule has 0 bridgehead atoms. The van der Waals surface area contributed by atoms with Gasteiger partial charge in [0, 0.05) is 18.7 Å². The summed E-state index contributed by atoms with van der Waals surface area (Å²) in [7, 11) is 0. The van der Waals surface area contributed by atoms with Crippen LogP contribution in [0.1, 0.15) is 18.9 Å². The van der Waals surface area contributed by atoms with Gasteiger partial charge in [-0.25, -0.2) is 23.7 Å². The highest BCUT2D eigenvalue weighted by atomic mass is 19.3. The molecule has 1 aliphatic heterocycles. The largest absolute Gasteiger partial charge is 0.420 e. The summed E-state index contributed by atoms with van der Waals surface area (Å²) in [5, 5.41) is 6.43. The second kappa shape index (κ2) is 7.38. The lowest BCUT2D eigenvalue weighted by molar-refractivity contribution is -0.0106. The second-order valence-corrected chi connectivity index (χ2v) is 6.43. The number of guanidine groups is 1. The van der Waals surface area contributed by atoms with Crippen LogP contribution in [0.15, 0.2) is 66.0 Å². The number of nitrogens with one attached hydrogen (secondary N) is 2. The quantitative estimate of drug-likeness (QED) is 0.817. The Labute approximate surface area is 161 Å². The molecule has 0 saturated heterocycles. The summed E-state index contributed by atoms with van der Waals surface area (Å²) in [6.45, 7) is 1.41. The van der Waals surface area contributed by atoms with E-state index in [9.17, 15) is 8.78 Å². The minimum absolute atomic E-state index is 0.0749. The Hall–Kier alpha value is -3.29. The number of aromatic nitrogens is 2. The highest BCUT2D eigenvalue weighted by Crippen LogP contribution is 2.37. The minimum atomic E-state index is -3.02.